The van der Waals surface area contributed by atoms with Gasteiger partial charge in [-0.3, -0.25) is 4.79 Å². The number of Topliss-reactive ketones (excluding diaryl/α,β-unsaturated/α-hetero) is 1. The Bertz CT molecular complexity index is 1360. The average molecular weight is 528 g/mol. The summed E-state index contributed by atoms with van der Waals surface area (Å²) in [6.45, 7) is 4.83. The van der Waals surface area contributed by atoms with Gasteiger partial charge in [0.25, 0.3) is 0 Å². The highest BCUT2D eigenvalue weighted by Crippen LogP contribution is 2.29. The zero-order valence-electron chi connectivity index (χ0n) is 19.9. The van der Waals surface area contributed by atoms with Crippen molar-refractivity contribution < 1.29 is 27.5 Å². The van der Waals surface area contributed by atoms with Gasteiger partial charge in [-0.05, 0) is 32.0 Å². The summed E-state index contributed by atoms with van der Waals surface area (Å²) in [6.07, 6.45) is -1.24. The fourth-order valence-electron chi connectivity index (χ4n) is 3.81. The molecule has 1 aliphatic heterocycles. The SMILES string of the molecule is Cc1ccc(C(=O)C(OC(=O)c2cc(S(=O)(=O)N3CCOCC3)ccc2Cl)c2ccc(C)cc2)cc1. The molecule has 0 N–H and O–H groups in total. The minimum absolute atomic E-state index is 0.0198. The van der Waals surface area contributed by atoms with Gasteiger partial charge < -0.3 is 9.47 Å². The van der Waals surface area contributed by atoms with Crippen LogP contribution in [0, 0.1) is 13.8 Å². The summed E-state index contributed by atoms with van der Waals surface area (Å²) in [6, 6.07) is 17.9. The zero-order valence-corrected chi connectivity index (χ0v) is 21.5. The first kappa shape index (κ1) is 26.0. The van der Waals surface area contributed by atoms with Gasteiger partial charge in [-0.25, -0.2) is 13.2 Å². The lowest BCUT2D eigenvalue weighted by Crippen LogP contribution is -2.40. The van der Waals surface area contributed by atoms with Crippen molar-refractivity contribution in [2.45, 2.75) is 24.8 Å². The standard InChI is InChI=1S/C27H26ClNO6S/c1-18-3-7-20(8-4-18)25(30)26(21-9-5-19(2)6-10-21)35-27(31)23-17-22(11-12-24(23)28)36(32,33)29-13-15-34-16-14-29/h3-12,17,26H,13-16H2,1-2H3. The highest BCUT2D eigenvalue weighted by Gasteiger charge is 2.30. The summed E-state index contributed by atoms with van der Waals surface area (Å²) < 4.78 is 38.4. The van der Waals surface area contributed by atoms with Gasteiger partial charge in [0.1, 0.15) is 0 Å². The number of benzene rings is 3. The second-order valence-corrected chi connectivity index (χ2v) is 10.9. The Labute approximate surface area is 215 Å². The number of nitrogens with zero attached hydrogens (tertiary/aromatic N) is 1. The van der Waals surface area contributed by atoms with Crippen LogP contribution in [0.4, 0.5) is 0 Å². The lowest BCUT2D eigenvalue weighted by molar-refractivity contribution is 0.0280. The smallest absolute Gasteiger partial charge is 0.340 e. The van der Waals surface area contributed by atoms with Crippen molar-refractivity contribution in [1.82, 2.24) is 4.31 Å². The molecule has 1 saturated heterocycles. The molecule has 4 rings (SSSR count). The molecule has 0 aliphatic carbocycles. The molecule has 3 aromatic carbocycles. The van der Waals surface area contributed by atoms with E-state index in [1.165, 1.54) is 22.5 Å². The molecule has 7 nitrogen and oxygen atoms in total. The minimum Gasteiger partial charge on any atom is -0.445 e. The summed E-state index contributed by atoms with van der Waals surface area (Å²) in [4.78, 5) is 26.6. The molecule has 1 heterocycles. The van der Waals surface area contributed by atoms with E-state index < -0.39 is 27.9 Å². The summed E-state index contributed by atoms with van der Waals surface area (Å²) in [5, 5.41) is 0.0198. The van der Waals surface area contributed by atoms with Gasteiger partial charge in [0.05, 0.1) is 28.7 Å². The van der Waals surface area contributed by atoms with E-state index in [-0.39, 0.29) is 28.6 Å². The van der Waals surface area contributed by atoms with Gasteiger partial charge in [-0.2, -0.15) is 4.31 Å². The first-order chi connectivity index (χ1) is 17.2. The number of carbonyl (C=O) groups is 2. The second-order valence-electron chi connectivity index (χ2n) is 8.58. The first-order valence-electron chi connectivity index (χ1n) is 11.4. The van der Waals surface area contributed by atoms with E-state index in [0.29, 0.717) is 24.3 Å². The van der Waals surface area contributed by atoms with Crippen LogP contribution in [0.2, 0.25) is 5.02 Å². The topological polar surface area (TPSA) is 90.0 Å². The van der Waals surface area contributed by atoms with Crippen molar-refractivity contribution in [1.29, 1.82) is 0 Å². The van der Waals surface area contributed by atoms with Crippen LogP contribution in [0.15, 0.2) is 71.6 Å². The van der Waals surface area contributed by atoms with Crippen LogP contribution in [-0.2, 0) is 19.5 Å². The van der Waals surface area contributed by atoms with Gasteiger partial charge in [-0.1, -0.05) is 71.3 Å². The number of rotatable bonds is 7. The summed E-state index contributed by atoms with van der Waals surface area (Å²) >= 11 is 6.28. The molecule has 0 bridgehead atoms. The molecule has 0 radical (unpaired) electrons. The Balaban J connectivity index is 1.67. The molecule has 0 aromatic heterocycles. The maximum atomic E-state index is 13.4. The molecule has 1 aliphatic rings. The van der Waals surface area contributed by atoms with Gasteiger partial charge in [0.2, 0.25) is 15.8 Å². The van der Waals surface area contributed by atoms with Crippen LogP contribution >= 0.6 is 11.6 Å². The van der Waals surface area contributed by atoms with E-state index in [1.807, 2.05) is 26.0 Å². The number of ether oxygens (including phenoxy) is 2. The number of hydrogen-bond donors (Lipinski definition) is 0. The lowest BCUT2D eigenvalue weighted by Gasteiger charge is -2.26. The molecule has 0 spiro atoms. The first-order valence-corrected chi connectivity index (χ1v) is 13.2. The van der Waals surface area contributed by atoms with E-state index in [1.54, 1.807) is 36.4 Å². The Morgan fingerprint density at radius 3 is 2.11 bits per heavy atom. The van der Waals surface area contributed by atoms with Crippen LogP contribution in [0.3, 0.4) is 0 Å². The summed E-state index contributed by atoms with van der Waals surface area (Å²) in [5.41, 5.74) is 2.71. The van der Waals surface area contributed by atoms with Crippen LogP contribution in [0.5, 0.6) is 0 Å². The highest BCUT2D eigenvalue weighted by atomic mass is 35.5. The third-order valence-electron chi connectivity index (χ3n) is 5.94. The Morgan fingerprint density at radius 2 is 1.50 bits per heavy atom. The van der Waals surface area contributed by atoms with E-state index >= 15 is 0 Å². The predicted octanol–water partition coefficient (Wildman–Crippen LogP) is 4.76. The quantitative estimate of drug-likeness (QED) is 0.325. The van der Waals surface area contributed by atoms with Gasteiger partial charge in [0, 0.05) is 24.2 Å². The normalized spacial score (nSPS) is 15.3. The van der Waals surface area contributed by atoms with Crippen molar-refractivity contribution in [3.8, 4) is 0 Å². The third-order valence-corrected chi connectivity index (χ3v) is 8.17. The van der Waals surface area contributed by atoms with E-state index in [4.69, 9.17) is 21.1 Å². The number of halogens is 1. The number of carbonyl (C=O) groups excluding carboxylic acids is 2. The zero-order chi connectivity index (χ0) is 25.9. The van der Waals surface area contributed by atoms with E-state index in [2.05, 4.69) is 0 Å². The largest absolute Gasteiger partial charge is 0.445 e. The maximum Gasteiger partial charge on any atom is 0.340 e. The lowest BCUT2D eigenvalue weighted by atomic mass is 9.98. The maximum absolute atomic E-state index is 13.4. The van der Waals surface area contributed by atoms with Crippen molar-refractivity contribution in [2.24, 2.45) is 0 Å². The second kappa shape index (κ2) is 10.9. The van der Waals surface area contributed by atoms with Crippen molar-refractivity contribution in [3.63, 3.8) is 0 Å². The molecule has 0 saturated carbocycles. The molecule has 188 valence electrons. The number of ketones is 1. The van der Waals surface area contributed by atoms with Gasteiger partial charge in [-0.15, -0.1) is 0 Å². The fraction of sp³-hybridized carbons (Fsp3) is 0.259. The average Bonchev–Trinajstić information content (AvgIpc) is 2.88. The van der Waals surface area contributed by atoms with Crippen molar-refractivity contribution in [2.75, 3.05) is 26.3 Å². The number of hydrogen-bond acceptors (Lipinski definition) is 6. The number of sulfonamides is 1. The van der Waals surface area contributed by atoms with E-state index in [9.17, 15) is 18.0 Å². The van der Waals surface area contributed by atoms with E-state index in [0.717, 1.165) is 11.1 Å². The molecular weight excluding hydrogens is 502 g/mol. The van der Waals surface area contributed by atoms with Crippen LogP contribution < -0.4 is 0 Å². The fourth-order valence-corrected chi connectivity index (χ4v) is 5.44. The minimum atomic E-state index is -3.86. The third kappa shape index (κ3) is 5.68. The molecule has 1 unspecified atom stereocenters. The number of esters is 1. The molecule has 1 fully saturated rings. The van der Waals surface area contributed by atoms with Crippen LogP contribution in [0.25, 0.3) is 0 Å². The van der Waals surface area contributed by atoms with Crippen molar-refractivity contribution in [3.05, 3.63) is 99.6 Å². The molecule has 1 atom stereocenters. The molecular formula is C27H26ClNO6S. The Morgan fingerprint density at radius 1 is 0.917 bits per heavy atom. The molecule has 0 amide bonds. The van der Waals surface area contributed by atoms with Gasteiger partial charge >= 0.3 is 5.97 Å². The number of morpholine rings is 1. The molecule has 3 aromatic rings. The monoisotopic (exact) mass is 527 g/mol. The molecule has 36 heavy (non-hydrogen) atoms. The van der Waals surface area contributed by atoms with Gasteiger partial charge in [0.15, 0.2) is 6.10 Å². The summed E-state index contributed by atoms with van der Waals surface area (Å²) in [5.74, 6) is -1.30. The Hall–Kier alpha value is -3.04. The Kier molecular flexibility index (Phi) is 7.90. The molecule has 9 heteroatoms. The highest BCUT2D eigenvalue weighted by molar-refractivity contribution is 7.89. The number of aryl methyl sites for hydroxylation is 2. The van der Waals surface area contributed by atoms with Crippen LogP contribution in [-0.4, -0.2) is 50.8 Å². The summed E-state index contributed by atoms with van der Waals surface area (Å²) in [7, 11) is -3.86. The predicted molar refractivity (Wildman–Crippen MR) is 136 cm³/mol. The van der Waals surface area contributed by atoms with Crippen LogP contribution in [0.1, 0.15) is 43.5 Å². The van der Waals surface area contributed by atoms with Crippen molar-refractivity contribution >= 4 is 33.4 Å².